The molecule has 0 aliphatic rings. The zero-order valence-corrected chi connectivity index (χ0v) is 8.88. The molecule has 0 aromatic heterocycles. The number of carbonyl (C=O) groups is 1. The molecule has 0 spiro atoms. The third kappa shape index (κ3) is 2.42. The van der Waals surface area contributed by atoms with Gasteiger partial charge in [-0.2, -0.15) is 0 Å². The lowest BCUT2D eigenvalue weighted by Gasteiger charge is -2.08. The van der Waals surface area contributed by atoms with Gasteiger partial charge in [0.15, 0.2) is 6.29 Å². The summed E-state index contributed by atoms with van der Waals surface area (Å²) < 4.78 is 18.5. The highest BCUT2D eigenvalue weighted by Gasteiger charge is 2.09. The van der Waals surface area contributed by atoms with Crippen molar-refractivity contribution in [1.29, 1.82) is 0 Å². The van der Waals surface area contributed by atoms with Crippen LogP contribution in [0.2, 0.25) is 0 Å². The van der Waals surface area contributed by atoms with E-state index >= 15 is 0 Å². The number of benzene rings is 1. The Bertz CT molecular complexity index is 363. The molecule has 0 radical (unpaired) electrons. The summed E-state index contributed by atoms with van der Waals surface area (Å²) in [5.74, 6) is -0.147. The topological polar surface area (TPSA) is 26.3 Å². The lowest BCUT2D eigenvalue weighted by Crippen LogP contribution is -1.98. The summed E-state index contributed by atoms with van der Waals surface area (Å²) in [6, 6.07) is 2.36. The van der Waals surface area contributed by atoms with Gasteiger partial charge in [-0.3, -0.25) is 4.79 Å². The minimum atomic E-state index is -0.482. The van der Waals surface area contributed by atoms with Gasteiger partial charge < -0.3 is 4.74 Å². The molecule has 0 N–H and O–H groups in total. The lowest BCUT2D eigenvalue weighted by molar-refractivity contribution is 0.111. The first kappa shape index (κ1) is 10.9. The van der Waals surface area contributed by atoms with Crippen LogP contribution in [-0.4, -0.2) is 12.9 Å². The van der Waals surface area contributed by atoms with Gasteiger partial charge >= 0.3 is 0 Å². The van der Waals surface area contributed by atoms with Crippen LogP contribution in [0.5, 0.6) is 5.75 Å². The fraction of sp³-hybridized carbons (Fsp3) is 0.100. The highest BCUT2D eigenvalue weighted by molar-refractivity contribution is 9.10. The largest absolute Gasteiger partial charge is 0.488 e. The van der Waals surface area contributed by atoms with Crippen LogP contribution in [0, 0.1) is 5.82 Å². The molecule has 74 valence electrons. The van der Waals surface area contributed by atoms with Gasteiger partial charge in [0.25, 0.3) is 0 Å². The molecule has 0 fully saturated rings. The monoisotopic (exact) mass is 258 g/mol. The second-order valence-corrected chi connectivity index (χ2v) is 3.38. The van der Waals surface area contributed by atoms with E-state index in [1.807, 2.05) is 0 Å². The maximum absolute atomic E-state index is 12.9. The van der Waals surface area contributed by atoms with Gasteiger partial charge in [0, 0.05) is 0 Å². The summed E-state index contributed by atoms with van der Waals surface area (Å²) in [7, 11) is 0. The van der Waals surface area contributed by atoms with Gasteiger partial charge in [-0.25, -0.2) is 4.39 Å². The molecule has 0 aliphatic carbocycles. The Hall–Kier alpha value is -1.16. The van der Waals surface area contributed by atoms with Crippen molar-refractivity contribution in [1.82, 2.24) is 0 Å². The number of carbonyl (C=O) groups excluding carboxylic acids is 1. The van der Waals surface area contributed by atoms with E-state index in [0.717, 1.165) is 6.07 Å². The lowest BCUT2D eigenvalue weighted by atomic mass is 10.2. The molecule has 0 atom stereocenters. The van der Waals surface area contributed by atoms with Crippen molar-refractivity contribution in [2.75, 3.05) is 6.61 Å². The van der Waals surface area contributed by atoms with Crippen LogP contribution in [0.15, 0.2) is 29.3 Å². The first-order valence-electron chi connectivity index (χ1n) is 3.87. The molecule has 0 bridgehead atoms. The van der Waals surface area contributed by atoms with E-state index < -0.39 is 5.82 Å². The van der Waals surface area contributed by atoms with Crippen molar-refractivity contribution in [2.24, 2.45) is 0 Å². The van der Waals surface area contributed by atoms with Gasteiger partial charge in [0.05, 0.1) is 10.0 Å². The standard InChI is InChI=1S/C10H8BrFO2/c1-2-3-14-10-7(6-13)4-8(12)5-9(10)11/h2,4-6H,1,3H2. The maximum atomic E-state index is 12.9. The second-order valence-electron chi connectivity index (χ2n) is 2.52. The molecule has 0 saturated heterocycles. The Labute approximate surface area is 89.5 Å². The summed E-state index contributed by atoms with van der Waals surface area (Å²) >= 11 is 3.11. The Kier molecular flexibility index (Phi) is 3.83. The van der Waals surface area contributed by atoms with Gasteiger partial charge in [-0.1, -0.05) is 12.7 Å². The molecule has 14 heavy (non-hydrogen) atoms. The van der Waals surface area contributed by atoms with Crippen molar-refractivity contribution in [3.05, 3.63) is 40.6 Å². The SMILES string of the molecule is C=CCOc1c(Br)cc(F)cc1C=O. The Morgan fingerprint density at radius 3 is 2.86 bits per heavy atom. The molecule has 0 unspecified atom stereocenters. The van der Waals surface area contributed by atoms with E-state index in [2.05, 4.69) is 22.5 Å². The van der Waals surface area contributed by atoms with Crippen molar-refractivity contribution >= 4 is 22.2 Å². The Balaban J connectivity index is 3.11. The van der Waals surface area contributed by atoms with Crippen molar-refractivity contribution in [3.63, 3.8) is 0 Å². The fourth-order valence-electron chi connectivity index (χ4n) is 0.962. The molecule has 0 amide bonds. The first-order valence-corrected chi connectivity index (χ1v) is 4.66. The molecule has 0 aliphatic heterocycles. The van der Waals surface area contributed by atoms with Gasteiger partial charge in [0.1, 0.15) is 18.2 Å². The van der Waals surface area contributed by atoms with Crippen molar-refractivity contribution in [2.45, 2.75) is 0 Å². The van der Waals surface area contributed by atoms with Crippen LogP contribution < -0.4 is 4.74 Å². The van der Waals surface area contributed by atoms with E-state index in [4.69, 9.17) is 4.74 Å². The van der Waals surface area contributed by atoms with E-state index in [-0.39, 0.29) is 12.2 Å². The van der Waals surface area contributed by atoms with Crippen LogP contribution in [0.25, 0.3) is 0 Å². The molecule has 1 aromatic rings. The summed E-state index contributed by atoms with van der Waals surface area (Å²) in [6.45, 7) is 3.74. The van der Waals surface area contributed by atoms with Crippen LogP contribution in [0.1, 0.15) is 10.4 Å². The molecule has 1 rings (SSSR count). The van der Waals surface area contributed by atoms with E-state index in [9.17, 15) is 9.18 Å². The predicted octanol–water partition coefficient (Wildman–Crippen LogP) is 2.97. The molecule has 0 heterocycles. The zero-order chi connectivity index (χ0) is 10.6. The summed E-state index contributed by atoms with van der Waals surface area (Å²) in [4.78, 5) is 10.6. The average molecular weight is 259 g/mol. The minimum absolute atomic E-state index is 0.179. The molecular formula is C10H8BrFO2. The fourth-order valence-corrected chi connectivity index (χ4v) is 1.52. The molecule has 4 heteroatoms. The van der Waals surface area contributed by atoms with Gasteiger partial charge in [-0.05, 0) is 28.1 Å². The summed E-state index contributed by atoms with van der Waals surface area (Å²) in [6.07, 6.45) is 2.09. The molecule has 2 nitrogen and oxygen atoms in total. The average Bonchev–Trinajstić information content (AvgIpc) is 2.15. The summed E-state index contributed by atoms with van der Waals surface area (Å²) in [5, 5.41) is 0. The summed E-state index contributed by atoms with van der Waals surface area (Å²) in [5.41, 5.74) is 0.179. The second kappa shape index (κ2) is 4.91. The number of halogens is 2. The molecule has 0 saturated carbocycles. The van der Waals surface area contributed by atoms with Crippen molar-refractivity contribution < 1.29 is 13.9 Å². The van der Waals surface area contributed by atoms with E-state index in [1.165, 1.54) is 6.07 Å². The first-order chi connectivity index (χ1) is 6.69. The minimum Gasteiger partial charge on any atom is -0.488 e. The predicted molar refractivity (Wildman–Crippen MR) is 55.2 cm³/mol. The smallest absolute Gasteiger partial charge is 0.153 e. The normalized spacial score (nSPS) is 9.57. The third-order valence-electron chi connectivity index (χ3n) is 1.51. The quantitative estimate of drug-likeness (QED) is 0.613. The van der Waals surface area contributed by atoms with E-state index in [1.54, 1.807) is 6.08 Å². The Morgan fingerprint density at radius 1 is 1.57 bits per heavy atom. The van der Waals surface area contributed by atoms with Crippen molar-refractivity contribution in [3.8, 4) is 5.75 Å². The highest BCUT2D eigenvalue weighted by atomic mass is 79.9. The maximum Gasteiger partial charge on any atom is 0.153 e. The van der Waals surface area contributed by atoms with Gasteiger partial charge in [0.2, 0.25) is 0 Å². The Morgan fingerprint density at radius 2 is 2.29 bits per heavy atom. The van der Waals surface area contributed by atoms with Crippen LogP contribution in [-0.2, 0) is 0 Å². The van der Waals surface area contributed by atoms with Crippen LogP contribution >= 0.6 is 15.9 Å². The van der Waals surface area contributed by atoms with Gasteiger partial charge in [-0.15, -0.1) is 0 Å². The number of aldehydes is 1. The zero-order valence-electron chi connectivity index (χ0n) is 7.30. The highest BCUT2D eigenvalue weighted by Crippen LogP contribution is 2.29. The molecular weight excluding hydrogens is 251 g/mol. The number of hydrogen-bond donors (Lipinski definition) is 0. The molecule has 1 aromatic carbocycles. The number of hydrogen-bond acceptors (Lipinski definition) is 2. The third-order valence-corrected chi connectivity index (χ3v) is 2.10. The number of ether oxygens (including phenoxy) is 1. The number of rotatable bonds is 4. The van der Waals surface area contributed by atoms with E-state index in [0.29, 0.717) is 16.5 Å². The van der Waals surface area contributed by atoms with Crippen LogP contribution in [0.3, 0.4) is 0 Å². The van der Waals surface area contributed by atoms with Crippen LogP contribution in [0.4, 0.5) is 4.39 Å².